The standard InChI is InChI=1S/C17H11ClF3N3O2/c18-11-3-1-10(2-4-11)14-9-15(24-23-14)16(25)22-12-5-7-13(8-6-12)26-17(19,20)21/h1-9H,(H,22,25)(H,23,24). The Morgan fingerprint density at radius 1 is 1.08 bits per heavy atom. The van der Waals surface area contributed by atoms with Crippen molar-refractivity contribution in [2.24, 2.45) is 0 Å². The van der Waals surface area contributed by atoms with Gasteiger partial charge in [-0.25, -0.2) is 0 Å². The number of amides is 1. The zero-order valence-corrected chi connectivity index (χ0v) is 13.7. The first kappa shape index (κ1) is 17.8. The summed E-state index contributed by atoms with van der Waals surface area (Å²) in [6.45, 7) is 0. The number of ether oxygens (including phenoxy) is 1. The van der Waals surface area contributed by atoms with Gasteiger partial charge in [-0.15, -0.1) is 13.2 Å². The Morgan fingerprint density at radius 2 is 1.73 bits per heavy atom. The van der Waals surface area contributed by atoms with Crippen molar-refractivity contribution in [2.75, 3.05) is 5.32 Å². The highest BCUT2D eigenvalue weighted by atomic mass is 35.5. The van der Waals surface area contributed by atoms with Crippen LogP contribution >= 0.6 is 11.6 Å². The van der Waals surface area contributed by atoms with Gasteiger partial charge in [-0.1, -0.05) is 23.7 Å². The number of aromatic nitrogens is 2. The van der Waals surface area contributed by atoms with Crippen LogP contribution in [0.2, 0.25) is 5.02 Å². The number of carbonyl (C=O) groups is 1. The molecule has 0 saturated heterocycles. The number of nitrogens with zero attached hydrogens (tertiary/aromatic N) is 1. The maximum absolute atomic E-state index is 12.2. The number of halogens is 4. The molecule has 0 radical (unpaired) electrons. The third-order valence-electron chi connectivity index (χ3n) is 3.31. The van der Waals surface area contributed by atoms with Crippen molar-refractivity contribution in [3.8, 4) is 17.0 Å². The monoisotopic (exact) mass is 381 g/mol. The largest absolute Gasteiger partial charge is 0.573 e. The second-order valence-electron chi connectivity index (χ2n) is 5.20. The molecule has 1 aromatic heterocycles. The van der Waals surface area contributed by atoms with E-state index in [1.54, 1.807) is 30.3 Å². The molecular weight excluding hydrogens is 371 g/mol. The minimum Gasteiger partial charge on any atom is -0.406 e. The second kappa shape index (κ2) is 7.09. The number of anilines is 1. The number of benzene rings is 2. The highest BCUT2D eigenvalue weighted by Crippen LogP contribution is 2.24. The molecule has 0 atom stereocenters. The van der Waals surface area contributed by atoms with Gasteiger partial charge in [-0.2, -0.15) is 5.10 Å². The van der Waals surface area contributed by atoms with Crippen molar-refractivity contribution < 1.29 is 22.7 Å². The summed E-state index contributed by atoms with van der Waals surface area (Å²) in [7, 11) is 0. The van der Waals surface area contributed by atoms with E-state index in [1.807, 2.05) is 0 Å². The molecule has 2 N–H and O–H groups in total. The molecule has 134 valence electrons. The predicted molar refractivity (Wildman–Crippen MR) is 90.1 cm³/mol. The second-order valence-corrected chi connectivity index (χ2v) is 5.64. The van der Waals surface area contributed by atoms with E-state index in [4.69, 9.17) is 11.6 Å². The average Bonchev–Trinajstić information content (AvgIpc) is 3.06. The van der Waals surface area contributed by atoms with Crippen LogP contribution in [0.4, 0.5) is 18.9 Å². The van der Waals surface area contributed by atoms with Gasteiger partial charge in [0.25, 0.3) is 5.91 Å². The molecule has 0 fully saturated rings. The topological polar surface area (TPSA) is 67.0 Å². The van der Waals surface area contributed by atoms with E-state index in [2.05, 4.69) is 20.3 Å². The maximum Gasteiger partial charge on any atom is 0.573 e. The first-order chi connectivity index (χ1) is 12.3. The normalized spacial score (nSPS) is 11.2. The molecule has 0 aliphatic carbocycles. The van der Waals surface area contributed by atoms with E-state index < -0.39 is 12.3 Å². The minimum atomic E-state index is -4.77. The fourth-order valence-electron chi connectivity index (χ4n) is 2.14. The van der Waals surface area contributed by atoms with Crippen molar-refractivity contribution in [3.63, 3.8) is 0 Å². The fourth-order valence-corrected chi connectivity index (χ4v) is 2.27. The number of carbonyl (C=O) groups excluding carboxylic acids is 1. The Morgan fingerprint density at radius 3 is 2.35 bits per heavy atom. The quantitative estimate of drug-likeness (QED) is 0.676. The molecule has 1 amide bonds. The van der Waals surface area contributed by atoms with Gasteiger partial charge < -0.3 is 10.1 Å². The Bertz CT molecular complexity index is 906. The highest BCUT2D eigenvalue weighted by Gasteiger charge is 2.30. The third kappa shape index (κ3) is 4.54. The van der Waals surface area contributed by atoms with E-state index in [1.165, 1.54) is 12.1 Å². The summed E-state index contributed by atoms with van der Waals surface area (Å²) in [5.74, 6) is -0.857. The minimum absolute atomic E-state index is 0.200. The van der Waals surface area contributed by atoms with E-state index in [0.717, 1.165) is 17.7 Å². The molecule has 3 aromatic rings. The van der Waals surface area contributed by atoms with Crippen molar-refractivity contribution >= 4 is 23.2 Å². The molecule has 0 unspecified atom stereocenters. The third-order valence-corrected chi connectivity index (χ3v) is 3.56. The lowest BCUT2D eigenvalue weighted by Gasteiger charge is -2.09. The van der Waals surface area contributed by atoms with Crippen LogP contribution in [0.5, 0.6) is 5.75 Å². The SMILES string of the molecule is O=C(Nc1ccc(OC(F)(F)F)cc1)c1cc(-c2ccc(Cl)cc2)n[nH]1. The molecule has 9 heteroatoms. The van der Waals surface area contributed by atoms with Crippen LogP contribution in [-0.2, 0) is 0 Å². The summed E-state index contributed by atoms with van der Waals surface area (Å²) in [5, 5.41) is 9.81. The van der Waals surface area contributed by atoms with Crippen molar-refractivity contribution in [1.82, 2.24) is 10.2 Å². The van der Waals surface area contributed by atoms with E-state index in [0.29, 0.717) is 16.4 Å². The first-order valence-corrected chi connectivity index (χ1v) is 7.66. The van der Waals surface area contributed by atoms with Gasteiger partial charge in [-0.05, 0) is 42.5 Å². The van der Waals surface area contributed by atoms with E-state index >= 15 is 0 Å². The highest BCUT2D eigenvalue weighted by molar-refractivity contribution is 6.30. The van der Waals surface area contributed by atoms with Gasteiger partial charge in [0.15, 0.2) is 0 Å². The predicted octanol–water partition coefficient (Wildman–Crippen LogP) is 4.88. The van der Waals surface area contributed by atoms with Crippen molar-refractivity contribution in [1.29, 1.82) is 0 Å². The molecule has 3 rings (SSSR count). The Hall–Kier alpha value is -3.00. The zero-order valence-electron chi connectivity index (χ0n) is 13.0. The lowest BCUT2D eigenvalue weighted by atomic mass is 10.1. The van der Waals surface area contributed by atoms with Crippen molar-refractivity contribution in [3.05, 3.63) is 65.3 Å². The van der Waals surface area contributed by atoms with Gasteiger partial charge in [0.1, 0.15) is 11.4 Å². The molecule has 0 spiro atoms. The number of H-pyrrole nitrogens is 1. The van der Waals surface area contributed by atoms with Gasteiger partial charge in [0.2, 0.25) is 0 Å². The summed E-state index contributed by atoms with van der Waals surface area (Å²) in [5.41, 5.74) is 1.84. The summed E-state index contributed by atoms with van der Waals surface area (Å²) in [6, 6.07) is 13.3. The van der Waals surface area contributed by atoms with Gasteiger partial charge >= 0.3 is 6.36 Å². The molecular formula is C17H11ClF3N3O2. The lowest BCUT2D eigenvalue weighted by Crippen LogP contribution is -2.17. The number of hydrogen-bond donors (Lipinski definition) is 2. The Kier molecular flexibility index (Phi) is 4.85. The van der Waals surface area contributed by atoms with E-state index in [-0.39, 0.29) is 11.4 Å². The summed E-state index contributed by atoms with van der Waals surface area (Å²) < 4.78 is 40.2. The molecule has 5 nitrogen and oxygen atoms in total. The average molecular weight is 382 g/mol. The summed E-state index contributed by atoms with van der Waals surface area (Å²) in [4.78, 5) is 12.2. The summed E-state index contributed by atoms with van der Waals surface area (Å²) >= 11 is 5.83. The summed E-state index contributed by atoms with van der Waals surface area (Å²) in [6.07, 6.45) is -4.77. The number of alkyl halides is 3. The van der Waals surface area contributed by atoms with Crippen LogP contribution in [0.15, 0.2) is 54.6 Å². The number of rotatable bonds is 4. The van der Waals surface area contributed by atoms with Crippen LogP contribution in [0.25, 0.3) is 11.3 Å². The number of hydrogen-bond acceptors (Lipinski definition) is 3. The van der Waals surface area contributed by atoms with Gasteiger partial charge in [0.05, 0.1) is 5.69 Å². The fraction of sp³-hybridized carbons (Fsp3) is 0.0588. The van der Waals surface area contributed by atoms with Crippen LogP contribution in [0.1, 0.15) is 10.5 Å². The van der Waals surface area contributed by atoms with Crippen molar-refractivity contribution in [2.45, 2.75) is 6.36 Å². The van der Waals surface area contributed by atoms with Crippen LogP contribution in [0.3, 0.4) is 0 Å². The number of aromatic amines is 1. The maximum atomic E-state index is 12.2. The van der Waals surface area contributed by atoms with E-state index in [9.17, 15) is 18.0 Å². The van der Waals surface area contributed by atoms with Crippen LogP contribution in [0, 0.1) is 0 Å². The Balaban J connectivity index is 1.68. The van der Waals surface area contributed by atoms with Gasteiger partial charge in [-0.3, -0.25) is 9.89 Å². The van der Waals surface area contributed by atoms with Crippen LogP contribution in [-0.4, -0.2) is 22.5 Å². The Labute approximate surface area is 150 Å². The zero-order chi connectivity index (χ0) is 18.7. The molecule has 0 aliphatic heterocycles. The molecule has 2 aromatic carbocycles. The first-order valence-electron chi connectivity index (χ1n) is 7.29. The van der Waals surface area contributed by atoms with Gasteiger partial charge in [0, 0.05) is 16.3 Å². The van der Waals surface area contributed by atoms with Crippen LogP contribution < -0.4 is 10.1 Å². The molecule has 1 heterocycles. The number of nitrogens with one attached hydrogen (secondary N) is 2. The smallest absolute Gasteiger partial charge is 0.406 e. The molecule has 0 aliphatic rings. The molecule has 0 saturated carbocycles. The lowest BCUT2D eigenvalue weighted by molar-refractivity contribution is -0.274. The molecule has 0 bridgehead atoms. The molecule has 26 heavy (non-hydrogen) atoms.